The summed E-state index contributed by atoms with van der Waals surface area (Å²) < 4.78 is 26.0. The lowest BCUT2D eigenvalue weighted by Crippen LogP contribution is -2.14. The van der Waals surface area contributed by atoms with Crippen LogP contribution in [0.4, 0.5) is 8.78 Å². The van der Waals surface area contributed by atoms with Crippen molar-refractivity contribution >= 4 is 21.7 Å². The molecule has 0 fully saturated rings. The van der Waals surface area contributed by atoms with Gasteiger partial charge in [-0.05, 0) is 19.1 Å². The van der Waals surface area contributed by atoms with Crippen molar-refractivity contribution in [2.24, 2.45) is 0 Å². The van der Waals surface area contributed by atoms with Crippen LogP contribution < -0.4 is 0 Å². The first kappa shape index (κ1) is 10.3. The number of Topliss-reactive ketones (excluding diaryl/α,β-unsaturated/α-hetero) is 1. The third-order valence-electron chi connectivity index (χ3n) is 1.57. The summed E-state index contributed by atoms with van der Waals surface area (Å²) in [4.78, 5) is 10.7. The van der Waals surface area contributed by atoms with E-state index < -0.39 is 27.8 Å². The van der Waals surface area contributed by atoms with Crippen LogP contribution in [0, 0.1) is 11.6 Å². The van der Waals surface area contributed by atoms with Gasteiger partial charge in [0.2, 0.25) is 0 Å². The second-order valence-corrected chi connectivity index (χ2v) is 3.95. The molecule has 1 rings (SSSR count). The van der Waals surface area contributed by atoms with E-state index in [1.807, 2.05) is 0 Å². The third-order valence-corrected chi connectivity index (χ3v) is 1.99. The summed E-state index contributed by atoms with van der Waals surface area (Å²) in [7, 11) is 0. The Hall–Kier alpha value is -0.770. The number of ketones is 1. The van der Waals surface area contributed by atoms with Gasteiger partial charge in [0.15, 0.2) is 5.78 Å². The molecule has 0 spiro atoms. The van der Waals surface area contributed by atoms with Crippen LogP contribution in [-0.2, 0) is 0 Å². The lowest BCUT2D eigenvalue weighted by atomic mass is 10.1. The lowest BCUT2D eigenvalue weighted by Gasteiger charge is -2.04. The summed E-state index contributed by atoms with van der Waals surface area (Å²) in [5, 5.41) is 0. The molecule has 1 aromatic rings. The molecule has 1 unspecified atom stereocenters. The van der Waals surface area contributed by atoms with Crippen LogP contribution in [0.15, 0.2) is 18.2 Å². The summed E-state index contributed by atoms with van der Waals surface area (Å²) in [6.07, 6.45) is 0. The van der Waals surface area contributed by atoms with E-state index in [0.29, 0.717) is 0 Å². The van der Waals surface area contributed by atoms with Gasteiger partial charge in [0.05, 0.1) is 10.4 Å². The van der Waals surface area contributed by atoms with Gasteiger partial charge in [-0.25, -0.2) is 8.78 Å². The predicted octanol–water partition coefficient (Wildman–Crippen LogP) is 2.93. The van der Waals surface area contributed by atoms with Gasteiger partial charge in [0.1, 0.15) is 11.6 Å². The molecule has 1 nitrogen and oxygen atoms in total. The molecular formula is C9H7BrF2O. The molecule has 0 N–H and O–H groups in total. The van der Waals surface area contributed by atoms with E-state index in [4.69, 9.17) is 0 Å². The Labute approximate surface area is 82.9 Å². The van der Waals surface area contributed by atoms with E-state index in [0.717, 1.165) is 12.1 Å². The lowest BCUT2D eigenvalue weighted by molar-refractivity contribution is 0.0988. The molecule has 0 radical (unpaired) electrons. The van der Waals surface area contributed by atoms with Gasteiger partial charge >= 0.3 is 0 Å². The summed E-state index contributed by atoms with van der Waals surface area (Å²) in [5.74, 6) is -2.23. The maximum atomic E-state index is 13.0. The molecule has 0 aliphatic rings. The second kappa shape index (κ2) is 3.96. The predicted molar refractivity (Wildman–Crippen MR) is 49.1 cm³/mol. The average Bonchev–Trinajstić information content (AvgIpc) is 2.03. The monoisotopic (exact) mass is 248 g/mol. The summed E-state index contributed by atoms with van der Waals surface area (Å²) >= 11 is 2.96. The number of alkyl halides is 1. The Morgan fingerprint density at radius 1 is 1.38 bits per heavy atom. The number of rotatable bonds is 2. The average molecular weight is 249 g/mol. The summed E-state index contributed by atoms with van der Waals surface area (Å²) in [6, 6.07) is 3.34. The zero-order chi connectivity index (χ0) is 10.0. The highest BCUT2D eigenvalue weighted by molar-refractivity contribution is 9.10. The Morgan fingerprint density at radius 2 is 1.85 bits per heavy atom. The maximum absolute atomic E-state index is 13.0. The molecule has 4 heteroatoms. The number of carbonyl (C=O) groups excluding carboxylic acids is 1. The molecule has 0 saturated carbocycles. The molecule has 0 bridgehead atoms. The van der Waals surface area contributed by atoms with Gasteiger partial charge in [-0.2, -0.15) is 0 Å². The van der Waals surface area contributed by atoms with Crippen LogP contribution in [0.1, 0.15) is 17.3 Å². The van der Waals surface area contributed by atoms with E-state index in [1.54, 1.807) is 0 Å². The van der Waals surface area contributed by atoms with Crippen molar-refractivity contribution in [1.29, 1.82) is 0 Å². The summed E-state index contributed by atoms with van der Waals surface area (Å²) in [5.41, 5.74) is -0.480. The van der Waals surface area contributed by atoms with Gasteiger partial charge < -0.3 is 0 Å². The van der Waals surface area contributed by atoms with Gasteiger partial charge in [-0.3, -0.25) is 4.79 Å². The van der Waals surface area contributed by atoms with E-state index in [9.17, 15) is 13.6 Å². The Bertz CT molecular complexity index is 316. The van der Waals surface area contributed by atoms with Crippen molar-refractivity contribution in [3.8, 4) is 0 Å². The Morgan fingerprint density at radius 3 is 2.23 bits per heavy atom. The SMILES string of the molecule is CC(Br)C(=O)c1c(F)cccc1F. The second-order valence-electron chi connectivity index (χ2n) is 2.58. The first-order valence-corrected chi connectivity index (χ1v) is 4.58. The molecule has 0 aliphatic heterocycles. The Kier molecular flexibility index (Phi) is 3.14. The topological polar surface area (TPSA) is 17.1 Å². The molecule has 70 valence electrons. The smallest absolute Gasteiger partial charge is 0.182 e. The highest BCUT2D eigenvalue weighted by Crippen LogP contribution is 2.16. The van der Waals surface area contributed by atoms with Crippen molar-refractivity contribution in [2.45, 2.75) is 11.8 Å². The normalized spacial score (nSPS) is 12.6. The minimum absolute atomic E-state index is 0.480. The molecular weight excluding hydrogens is 242 g/mol. The van der Waals surface area contributed by atoms with Gasteiger partial charge in [-0.15, -0.1) is 0 Å². The molecule has 0 heterocycles. The van der Waals surface area contributed by atoms with Crippen molar-refractivity contribution in [1.82, 2.24) is 0 Å². The minimum atomic E-state index is -0.823. The molecule has 0 amide bonds. The highest BCUT2D eigenvalue weighted by Gasteiger charge is 2.20. The van der Waals surface area contributed by atoms with E-state index in [-0.39, 0.29) is 0 Å². The maximum Gasteiger partial charge on any atom is 0.182 e. The number of halogens is 3. The zero-order valence-corrected chi connectivity index (χ0v) is 8.44. The molecule has 1 atom stereocenters. The minimum Gasteiger partial charge on any atom is -0.293 e. The fourth-order valence-corrected chi connectivity index (χ4v) is 1.16. The fourth-order valence-electron chi connectivity index (χ4n) is 0.932. The van der Waals surface area contributed by atoms with Crippen LogP contribution in [0.3, 0.4) is 0 Å². The largest absolute Gasteiger partial charge is 0.293 e. The van der Waals surface area contributed by atoms with E-state index in [2.05, 4.69) is 15.9 Å². The van der Waals surface area contributed by atoms with Crippen LogP contribution in [0.5, 0.6) is 0 Å². The van der Waals surface area contributed by atoms with Gasteiger partial charge in [-0.1, -0.05) is 22.0 Å². The third kappa shape index (κ3) is 2.12. The van der Waals surface area contributed by atoms with Crippen LogP contribution in [-0.4, -0.2) is 10.6 Å². The molecule has 0 saturated heterocycles. The first-order chi connectivity index (χ1) is 6.04. The Balaban J connectivity index is 3.20. The number of hydrogen-bond acceptors (Lipinski definition) is 1. The van der Waals surface area contributed by atoms with Crippen molar-refractivity contribution in [3.05, 3.63) is 35.4 Å². The molecule has 0 aliphatic carbocycles. The number of carbonyl (C=O) groups is 1. The number of hydrogen-bond donors (Lipinski definition) is 0. The first-order valence-electron chi connectivity index (χ1n) is 3.66. The fraction of sp³-hybridized carbons (Fsp3) is 0.222. The van der Waals surface area contributed by atoms with Crippen molar-refractivity contribution < 1.29 is 13.6 Å². The molecule has 1 aromatic carbocycles. The van der Waals surface area contributed by atoms with Gasteiger partial charge in [0, 0.05) is 0 Å². The van der Waals surface area contributed by atoms with Gasteiger partial charge in [0.25, 0.3) is 0 Å². The van der Waals surface area contributed by atoms with Crippen LogP contribution >= 0.6 is 15.9 Å². The van der Waals surface area contributed by atoms with Crippen molar-refractivity contribution in [3.63, 3.8) is 0 Å². The molecule has 13 heavy (non-hydrogen) atoms. The quantitative estimate of drug-likeness (QED) is 0.581. The van der Waals surface area contributed by atoms with E-state index in [1.165, 1.54) is 13.0 Å². The summed E-state index contributed by atoms with van der Waals surface area (Å²) in [6.45, 7) is 1.52. The van der Waals surface area contributed by atoms with Crippen LogP contribution in [0.2, 0.25) is 0 Å². The standard InChI is InChI=1S/C9H7BrF2O/c1-5(10)9(13)8-6(11)3-2-4-7(8)12/h2-5H,1H3. The van der Waals surface area contributed by atoms with Crippen molar-refractivity contribution in [2.75, 3.05) is 0 Å². The van der Waals surface area contributed by atoms with Crippen LogP contribution in [0.25, 0.3) is 0 Å². The highest BCUT2D eigenvalue weighted by atomic mass is 79.9. The number of benzene rings is 1. The zero-order valence-electron chi connectivity index (χ0n) is 6.85. The van der Waals surface area contributed by atoms with E-state index >= 15 is 0 Å². The molecule has 0 aromatic heterocycles.